The van der Waals surface area contributed by atoms with Crippen LogP contribution in [0.2, 0.25) is 49.0 Å². The summed E-state index contributed by atoms with van der Waals surface area (Å²) in [6.45, 7) is 19.0. The fourth-order valence-corrected chi connectivity index (χ4v) is 6.28. The number of nitrogens with zero attached hydrogens (tertiary/aromatic N) is 3. The normalized spacial score (nSPS) is 27.1. The van der Waals surface area contributed by atoms with Crippen molar-refractivity contribution in [3.63, 3.8) is 0 Å². The van der Waals surface area contributed by atoms with Gasteiger partial charge in [-0.15, -0.1) is 0 Å². The molecule has 4 heterocycles. The van der Waals surface area contributed by atoms with E-state index in [2.05, 4.69) is 63.5 Å². The number of ether oxygens (including phenoxy) is 4. The van der Waals surface area contributed by atoms with Crippen LogP contribution in [0.1, 0.15) is 20.8 Å². The smallest absolute Gasteiger partial charge is 0.299 e. The number of aromatic nitrogens is 3. The summed E-state index contributed by atoms with van der Waals surface area (Å²) in [6, 6.07) is 3.09. The Morgan fingerprint density at radius 1 is 1.22 bits per heavy atom. The van der Waals surface area contributed by atoms with Crippen molar-refractivity contribution in [3.8, 4) is 6.01 Å². The van der Waals surface area contributed by atoms with E-state index in [-0.39, 0.29) is 25.0 Å². The molecular weight excluding hydrogens is 518 g/mol. The van der Waals surface area contributed by atoms with Crippen LogP contribution in [-0.4, -0.2) is 80.0 Å². The Balaban J connectivity index is 1.52. The minimum Gasteiger partial charge on any atom is -0.456 e. The first-order valence-electron chi connectivity index (χ1n) is 12.5. The van der Waals surface area contributed by atoms with E-state index in [1.54, 1.807) is 12.3 Å². The van der Waals surface area contributed by atoms with E-state index in [1.807, 2.05) is 4.57 Å². The van der Waals surface area contributed by atoms with Gasteiger partial charge in [0.15, 0.2) is 20.5 Å². The second-order valence-corrected chi connectivity index (χ2v) is 23.3. The largest absolute Gasteiger partial charge is 0.456 e. The molecule has 2 fully saturated rings. The van der Waals surface area contributed by atoms with Gasteiger partial charge in [-0.1, -0.05) is 52.0 Å². The van der Waals surface area contributed by atoms with Crippen molar-refractivity contribution in [3.05, 3.63) is 17.4 Å². The fraction of sp³-hybridized carbons (Fsp3) is 0.750. The molecule has 0 aromatic carbocycles. The van der Waals surface area contributed by atoms with E-state index in [0.717, 1.165) is 11.6 Å². The Morgan fingerprint density at radius 2 is 1.94 bits per heavy atom. The number of fused-ring (bicyclic) bond motifs is 2. The molecule has 4 atom stereocenters. The second kappa shape index (κ2) is 9.92. The minimum atomic E-state index is -2.15. The van der Waals surface area contributed by atoms with E-state index < -0.39 is 40.5 Å². The third kappa shape index (κ3) is 5.68. The zero-order chi connectivity index (χ0) is 26.5. The SMILES string of the molecule is CC(C)(C)[Si](C)(C)O[C@@H]1CO[C@@H]2[C@H](Oc3nc4cc(Cl)ncc4n3COCC[Si](C)(C)C)CO[C@@]21O. The third-order valence-corrected chi connectivity index (χ3v) is 13.8. The van der Waals surface area contributed by atoms with Crippen LogP contribution in [0.5, 0.6) is 6.01 Å². The standard InChI is InChI=1S/C24H40ClN3O6Si2/c1-23(2,3)36(7,8)34-19-14-31-21-18(13-32-24(19,21)29)33-22-27-16-11-20(25)26-12-17(16)28(22)15-30-9-10-35(4,5)6/h11-12,18-19,21,29H,9-10,13-15H2,1-8H3/t18-,19-,21-,24-/m1/s1. The molecule has 0 bridgehead atoms. The minimum absolute atomic E-state index is 0.00834. The van der Waals surface area contributed by atoms with Crippen LogP contribution in [-0.2, 0) is 25.4 Å². The Hall–Kier alpha value is -1.06. The monoisotopic (exact) mass is 557 g/mol. The first-order chi connectivity index (χ1) is 16.6. The highest BCUT2D eigenvalue weighted by atomic mass is 35.5. The van der Waals surface area contributed by atoms with Gasteiger partial charge in [-0.2, -0.15) is 4.98 Å². The molecule has 0 unspecified atom stereocenters. The van der Waals surface area contributed by atoms with Crippen molar-refractivity contribution < 1.29 is 28.5 Å². The molecule has 2 aromatic heterocycles. The molecule has 36 heavy (non-hydrogen) atoms. The lowest BCUT2D eigenvalue weighted by Gasteiger charge is -2.40. The lowest BCUT2D eigenvalue weighted by molar-refractivity contribution is -0.221. The average Bonchev–Trinajstić information content (AvgIpc) is 3.35. The molecule has 2 saturated heterocycles. The van der Waals surface area contributed by atoms with Gasteiger partial charge in [0.05, 0.1) is 30.4 Å². The van der Waals surface area contributed by atoms with Gasteiger partial charge in [-0.05, 0) is 24.2 Å². The lowest BCUT2D eigenvalue weighted by atomic mass is 10.1. The summed E-state index contributed by atoms with van der Waals surface area (Å²) in [5, 5.41) is 11.8. The summed E-state index contributed by atoms with van der Waals surface area (Å²) in [7, 11) is -3.38. The maximum Gasteiger partial charge on any atom is 0.299 e. The summed E-state index contributed by atoms with van der Waals surface area (Å²) < 4.78 is 32.5. The van der Waals surface area contributed by atoms with Crippen LogP contribution in [0.25, 0.3) is 11.0 Å². The van der Waals surface area contributed by atoms with Gasteiger partial charge < -0.3 is 28.5 Å². The van der Waals surface area contributed by atoms with E-state index in [1.165, 1.54) is 0 Å². The Bertz CT molecular complexity index is 1090. The highest BCUT2D eigenvalue weighted by Crippen LogP contribution is 2.44. The molecule has 0 spiro atoms. The maximum atomic E-state index is 11.5. The number of halogens is 1. The molecule has 9 nitrogen and oxygen atoms in total. The van der Waals surface area contributed by atoms with Crippen molar-refractivity contribution in [1.29, 1.82) is 0 Å². The van der Waals surface area contributed by atoms with Crippen LogP contribution in [0.15, 0.2) is 12.3 Å². The van der Waals surface area contributed by atoms with Crippen LogP contribution in [0.3, 0.4) is 0 Å². The first kappa shape index (κ1) is 28.0. The van der Waals surface area contributed by atoms with E-state index in [0.29, 0.717) is 23.3 Å². The number of pyridine rings is 1. The highest BCUT2D eigenvalue weighted by molar-refractivity contribution is 6.76. The number of imidazole rings is 1. The molecule has 2 aromatic rings. The van der Waals surface area contributed by atoms with Crippen LogP contribution < -0.4 is 4.74 Å². The molecule has 2 aliphatic heterocycles. The van der Waals surface area contributed by atoms with E-state index in [4.69, 9.17) is 35.0 Å². The van der Waals surface area contributed by atoms with Gasteiger partial charge in [0.1, 0.15) is 18.0 Å². The summed E-state index contributed by atoms with van der Waals surface area (Å²) >= 11 is 6.11. The topological polar surface area (TPSA) is 97.1 Å². The highest BCUT2D eigenvalue weighted by Gasteiger charge is 2.62. The molecule has 2 aliphatic rings. The van der Waals surface area contributed by atoms with Crippen LogP contribution >= 0.6 is 11.6 Å². The summed E-state index contributed by atoms with van der Waals surface area (Å²) in [5.41, 5.74) is 1.41. The zero-order valence-electron chi connectivity index (χ0n) is 22.6. The van der Waals surface area contributed by atoms with Crippen molar-refractivity contribution in [1.82, 2.24) is 14.5 Å². The fourth-order valence-electron chi connectivity index (χ4n) is 4.07. The summed E-state index contributed by atoms with van der Waals surface area (Å²) in [5.74, 6) is -1.57. The van der Waals surface area contributed by atoms with Gasteiger partial charge in [0.2, 0.25) is 5.79 Å². The Morgan fingerprint density at radius 3 is 2.61 bits per heavy atom. The molecular formula is C24H40ClN3O6Si2. The Labute approximate surface area is 220 Å². The molecule has 1 N–H and O–H groups in total. The molecule has 0 saturated carbocycles. The molecule has 202 valence electrons. The molecule has 0 amide bonds. The molecule has 4 rings (SSSR count). The first-order valence-corrected chi connectivity index (χ1v) is 19.5. The number of rotatable bonds is 9. The van der Waals surface area contributed by atoms with E-state index in [9.17, 15) is 5.11 Å². The third-order valence-electron chi connectivity index (χ3n) is 7.40. The Kier molecular flexibility index (Phi) is 7.70. The van der Waals surface area contributed by atoms with E-state index >= 15 is 0 Å². The quantitative estimate of drug-likeness (QED) is 0.270. The predicted molar refractivity (Wildman–Crippen MR) is 144 cm³/mol. The van der Waals surface area contributed by atoms with Gasteiger partial charge >= 0.3 is 0 Å². The maximum absolute atomic E-state index is 11.5. The van der Waals surface area contributed by atoms with Gasteiger partial charge in [0.25, 0.3) is 6.01 Å². The summed E-state index contributed by atoms with van der Waals surface area (Å²) in [4.78, 5) is 8.85. The van der Waals surface area contributed by atoms with Gasteiger partial charge in [0, 0.05) is 20.7 Å². The van der Waals surface area contributed by atoms with Gasteiger partial charge in [-0.25, -0.2) is 4.98 Å². The molecule has 12 heteroatoms. The van der Waals surface area contributed by atoms with Crippen molar-refractivity contribution in [2.75, 3.05) is 19.8 Å². The second-order valence-electron chi connectivity index (χ2n) is 12.5. The van der Waals surface area contributed by atoms with Crippen molar-refractivity contribution >= 4 is 39.0 Å². The molecule has 0 aliphatic carbocycles. The van der Waals surface area contributed by atoms with Crippen molar-refractivity contribution in [2.24, 2.45) is 0 Å². The van der Waals surface area contributed by atoms with Crippen molar-refractivity contribution in [2.45, 2.75) is 95.4 Å². The number of hydrogen-bond acceptors (Lipinski definition) is 8. The number of hydrogen-bond donors (Lipinski definition) is 1. The molecule has 0 radical (unpaired) electrons. The van der Waals surface area contributed by atoms with Crippen LogP contribution in [0, 0.1) is 0 Å². The average molecular weight is 558 g/mol. The lowest BCUT2D eigenvalue weighted by Crippen LogP contribution is -2.54. The zero-order valence-corrected chi connectivity index (χ0v) is 25.4. The van der Waals surface area contributed by atoms with Gasteiger partial charge in [-0.3, -0.25) is 4.57 Å². The summed E-state index contributed by atoms with van der Waals surface area (Å²) in [6.07, 6.45) is -0.182. The predicted octanol–water partition coefficient (Wildman–Crippen LogP) is 4.65. The number of aliphatic hydroxyl groups is 1. The van der Waals surface area contributed by atoms with Crippen LogP contribution in [0.4, 0.5) is 0 Å².